The number of nitrogens with zero attached hydrogens (tertiary/aromatic N) is 1. The summed E-state index contributed by atoms with van der Waals surface area (Å²) in [5, 5.41) is 3.03. The molecule has 0 radical (unpaired) electrons. The van der Waals surface area contributed by atoms with E-state index in [0.29, 0.717) is 17.9 Å². The number of ether oxygens (including phenoxy) is 1. The van der Waals surface area contributed by atoms with E-state index in [0.717, 1.165) is 22.9 Å². The van der Waals surface area contributed by atoms with E-state index in [1.165, 1.54) is 9.87 Å². The average molecular weight is 417 g/mol. The van der Waals surface area contributed by atoms with Gasteiger partial charge in [-0.2, -0.15) is 0 Å². The van der Waals surface area contributed by atoms with Crippen LogP contribution in [0.2, 0.25) is 0 Å². The van der Waals surface area contributed by atoms with Gasteiger partial charge in [0.2, 0.25) is 10.0 Å². The minimum Gasteiger partial charge on any atom is -0.476 e. The van der Waals surface area contributed by atoms with E-state index < -0.39 is 16.1 Å². The summed E-state index contributed by atoms with van der Waals surface area (Å²) in [7, 11) is -3.55. The highest BCUT2D eigenvalue weighted by Gasteiger charge is 2.35. The normalized spacial score (nSPS) is 17.3. The highest BCUT2D eigenvalue weighted by Crippen LogP contribution is 2.36. The van der Waals surface area contributed by atoms with Crippen molar-refractivity contribution in [2.75, 3.05) is 17.1 Å². The molecule has 1 N–H and O–H groups in total. The van der Waals surface area contributed by atoms with Crippen LogP contribution in [0.4, 0.5) is 5.69 Å². The molecule has 29 heavy (non-hydrogen) atoms. The molecule has 0 spiro atoms. The first-order valence-electron chi connectivity index (χ1n) is 9.72. The maximum absolute atomic E-state index is 13.0. The molecule has 0 saturated carbocycles. The SMILES string of the molecule is CCC(NC(=O)C1CN(S(C)(=O)=O)c2cc(C)ccc2O1)c1ccc(C)c(C)c1. The minimum absolute atomic E-state index is 0.0511. The van der Waals surface area contributed by atoms with E-state index >= 15 is 0 Å². The molecule has 2 unspecified atom stereocenters. The molecular weight excluding hydrogens is 388 g/mol. The van der Waals surface area contributed by atoms with Crippen molar-refractivity contribution >= 4 is 21.6 Å². The largest absolute Gasteiger partial charge is 0.476 e. The minimum atomic E-state index is -3.55. The number of fused-ring (bicyclic) bond motifs is 1. The molecule has 0 aromatic heterocycles. The third kappa shape index (κ3) is 4.56. The lowest BCUT2D eigenvalue weighted by atomic mass is 9.99. The van der Waals surface area contributed by atoms with Gasteiger partial charge in [0.1, 0.15) is 5.75 Å². The first-order chi connectivity index (χ1) is 13.6. The van der Waals surface area contributed by atoms with Crippen molar-refractivity contribution in [2.24, 2.45) is 0 Å². The molecule has 2 aromatic carbocycles. The molecule has 1 heterocycles. The van der Waals surface area contributed by atoms with Crippen molar-refractivity contribution in [3.63, 3.8) is 0 Å². The van der Waals surface area contributed by atoms with Gasteiger partial charge in [-0.25, -0.2) is 8.42 Å². The number of aryl methyl sites for hydroxylation is 3. The summed E-state index contributed by atoms with van der Waals surface area (Å²) in [5.74, 6) is 0.0709. The third-order valence-corrected chi connectivity index (χ3v) is 6.48. The number of sulfonamides is 1. The second-order valence-corrected chi connectivity index (χ2v) is 9.59. The number of carbonyl (C=O) groups is 1. The molecule has 6 nitrogen and oxygen atoms in total. The summed E-state index contributed by atoms with van der Waals surface area (Å²) in [6, 6.07) is 11.3. The van der Waals surface area contributed by atoms with Gasteiger partial charge in [0.25, 0.3) is 5.91 Å². The lowest BCUT2D eigenvalue weighted by molar-refractivity contribution is -0.128. The van der Waals surface area contributed by atoms with Gasteiger partial charge in [0.15, 0.2) is 6.10 Å². The molecule has 0 aliphatic carbocycles. The molecule has 3 rings (SSSR count). The van der Waals surface area contributed by atoms with E-state index in [1.807, 2.05) is 45.9 Å². The van der Waals surface area contributed by atoms with E-state index in [1.54, 1.807) is 12.1 Å². The summed E-state index contributed by atoms with van der Waals surface area (Å²) in [5.41, 5.74) is 4.77. The van der Waals surface area contributed by atoms with E-state index in [4.69, 9.17) is 4.74 Å². The highest BCUT2D eigenvalue weighted by molar-refractivity contribution is 7.92. The Morgan fingerprint density at radius 1 is 1.17 bits per heavy atom. The van der Waals surface area contributed by atoms with Gasteiger partial charge >= 0.3 is 0 Å². The fourth-order valence-electron chi connectivity index (χ4n) is 3.48. The molecule has 2 aromatic rings. The highest BCUT2D eigenvalue weighted by atomic mass is 32.2. The second-order valence-electron chi connectivity index (χ2n) is 7.68. The lowest BCUT2D eigenvalue weighted by Gasteiger charge is -2.34. The first-order valence-corrected chi connectivity index (χ1v) is 11.6. The molecule has 0 saturated heterocycles. The molecule has 0 fully saturated rings. The zero-order chi connectivity index (χ0) is 21.3. The van der Waals surface area contributed by atoms with Crippen LogP contribution in [-0.4, -0.2) is 33.2 Å². The standard InChI is InChI=1S/C22H28N2O4S/c1-6-18(17-9-8-15(3)16(4)12-17)23-22(25)21-13-24(29(5,26)27)19-11-14(2)7-10-20(19)28-21/h7-12,18,21H,6,13H2,1-5H3,(H,23,25). The number of rotatable bonds is 5. The summed E-state index contributed by atoms with van der Waals surface area (Å²) in [6.07, 6.45) is 0.941. The molecule has 156 valence electrons. The zero-order valence-corrected chi connectivity index (χ0v) is 18.3. The van der Waals surface area contributed by atoms with Crippen LogP contribution in [0.5, 0.6) is 5.75 Å². The number of hydrogen-bond acceptors (Lipinski definition) is 4. The molecule has 1 aliphatic heterocycles. The van der Waals surface area contributed by atoms with Crippen LogP contribution >= 0.6 is 0 Å². The lowest BCUT2D eigenvalue weighted by Crippen LogP contribution is -2.51. The number of nitrogens with one attached hydrogen (secondary N) is 1. The fraction of sp³-hybridized carbons (Fsp3) is 0.409. The van der Waals surface area contributed by atoms with Crippen molar-refractivity contribution in [1.82, 2.24) is 5.32 Å². The number of carbonyl (C=O) groups excluding carboxylic acids is 1. The number of benzene rings is 2. The molecule has 1 aliphatic rings. The van der Waals surface area contributed by atoms with Crippen LogP contribution in [0.25, 0.3) is 0 Å². The van der Waals surface area contributed by atoms with Crippen LogP contribution in [-0.2, 0) is 14.8 Å². The predicted octanol–water partition coefficient (Wildman–Crippen LogP) is 3.41. The van der Waals surface area contributed by atoms with Gasteiger partial charge in [0.05, 0.1) is 24.5 Å². The van der Waals surface area contributed by atoms with Crippen LogP contribution in [0.15, 0.2) is 36.4 Å². The Hall–Kier alpha value is -2.54. The smallest absolute Gasteiger partial charge is 0.263 e. The van der Waals surface area contributed by atoms with Gasteiger partial charge in [-0.15, -0.1) is 0 Å². The average Bonchev–Trinajstić information content (AvgIpc) is 2.66. The molecule has 2 atom stereocenters. The molecule has 7 heteroatoms. The van der Waals surface area contributed by atoms with Gasteiger partial charge < -0.3 is 10.1 Å². The molecular formula is C22H28N2O4S. The Kier molecular flexibility index (Phi) is 5.89. The first kappa shape index (κ1) is 21.2. The van der Waals surface area contributed by atoms with Gasteiger partial charge in [0, 0.05) is 0 Å². The second kappa shape index (κ2) is 8.06. The number of anilines is 1. The Labute approximate surface area is 172 Å². The van der Waals surface area contributed by atoms with Crippen molar-refractivity contribution in [2.45, 2.75) is 46.3 Å². The van der Waals surface area contributed by atoms with E-state index in [2.05, 4.69) is 11.4 Å². The van der Waals surface area contributed by atoms with Crippen LogP contribution < -0.4 is 14.4 Å². The van der Waals surface area contributed by atoms with Crippen LogP contribution in [0, 0.1) is 20.8 Å². The van der Waals surface area contributed by atoms with Crippen LogP contribution in [0.3, 0.4) is 0 Å². The quantitative estimate of drug-likeness (QED) is 0.811. The Morgan fingerprint density at radius 3 is 2.52 bits per heavy atom. The van der Waals surface area contributed by atoms with E-state index in [9.17, 15) is 13.2 Å². The monoisotopic (exact) mass is 416 g/mol. The topological polar surface area (TPSA) is 75.7 Å². The van der Waals surface area contributed by atoms with Crippen molar-refractivity contribution in [1.29, 1.82) is 0 Å². The van der Waals surface area contributed by atoms with Crippen molar-refractivity contribution < 1.29 is 17.9 Å². The van der Waals surface area contributed by atoms with Crippen molar-refractivity contribution in [3.8, 4) is 5.75 Å². The Balaban J connectivity index is 1.85. The zero-order valence-electron chi connectivity index (χ0n) is 17.5. The fourth-order valence-corrected chi connectivity index (χ4v) is 4.39. The summed E-state index contributed by atoms with van der Waals surface area (Å²) in [4.78, 5) is 13.0. The van der Waals surface area contributed by atoms with E-state index in [-0.39, 0.29) is 18.5 Å². The van der Waals surface area contributed by atoms with Crippen LogP contribution in [0.1, 0.15) is 41.6 Å². The number of amides is 1. The third-order valence-electron chi connectivity index (χ3n) is 5.33. The predicted molar refractivity (Wildman–Crippen MR) is 115 cm³/mol. The van der Waals surface area contributed by atoms with Gasteiger partial charge in [-0.05, 0) is 61.6 Å². The number of hydrogen-bond donors (Lipinski definition) is 1. The van der Waals surface area contributed by atoms with Gasteiger partial charge in [-0.3, -0.25) is 9.10 Å². The Bertz CT molecular complexity index is 1030. The maximum Gasteiger partial charge on any atom is 0.263 e. The van der Waals surface area contributed by atoms with Crippen molar-refractivity contribution in [3.05, 3.63) is 58.7 Å². The summed E-state index contributed by atoms with van der Waals surface area (Å²) in [6.45, 7) is 7.93. The summed E-state index contributed by atoms with van der Waals surface area (Å²) >= 11 is 0. The maximum atomic E-state index is 13.0. The summed E-state index contributed by atoms with van der Waals surface area (Å²) < 4.78 is 31.8. The molecule has 1 amide bonds. The van der Waals surface area contributed by atoms with Gasteiger partial charge in [-0.1, -0.05) is 31.2 Å². The molecule has 0 bridgehead atoms. The Morgan fingerprint density at radius 2 is 1.90 bits per heavy atom.